The van der Waals surface area contributed by atoms with Gasteiger partial charge >= 0.3 is 0 Å². The van der Waals surface area contributed by atoms with Gasteiger partial charge in [0.1, 0.15) is 12.4 Å². The zero-order chi connectivity index (χ0) is 35.3. The van der Waals surface area contributed by atoms with Gasteiger partial charge in [-0.3, -0.25) is 4.98 Å². The van der Waals surface area contributed by atoms with Crippen LogP contribution in [0.25, 0.3) is 22.5 Å². The minimum absolute atomic E-state index is 0.345. The molecule has 8 rings (SSSR count). The fourth-order valence-electron chi connectivity index (χ4n) is 6.95. The minimum atomic E-state index is -0.884. The predicted octanol–water partition coefficient (Wildman–Crippen LogP) is 8.68. The first-order chi connectivity index (χ1) is 25.6. The molecule has 0 aliphatic heterocycles. The SMILES string of the molecule is Cc1cc(OCc2ccc(-c3ccccc3)c(-c3nnn(C(c4ccccc4)(c4ccccc4)c4ccccc4)n3)c2)c(Cn2ccnc2)c(C)n1. The smallest absolute Gasteiger partial charge is 0.205 e. The number of imidazole rings is 1. The van der Waals surface area contributed by atoms with Crippen LogP contribution in [0.5, 0.6) is 5.75 Å². The number of hydrogen-bond acceptors (Lipinski definition) is 6. The van der Waals surface area contributed by atoms with Gasteiger partial charge in [0.05, 0.1) is 12.9 Å². The first-order valence-electron chi connectivity index (χ1n) is 17.3. The standard InChI is InChI=1S/C44H37N7O/c1-32-27-42(41(33(2)46-32)29-50-26-25-45-31-50)52-30-34-23-24-39(35-15-7-3-8-16-35)40(28-34)43-47-49-51(48-43)44(36-17-9-4-10-18-36,37-19-11-5-12-20-37)38-21-13-6-14-22-38/h3-28,31H,29-30H2,1-2H3. The first-order valence-corrected chi connectivity index (χ1v) is 17.3. The van der Waals surface area contributed by atoms with Gasteiger partial charge in [0, 0.05) is 41.0 Å². The third kappa shape index (κ3) is 6.26. The van der Waals surface area contributed by atoms with E-state index < -0.39 is 5.54 Å². The fourth-order valence-corrected chi connectivity index (χ4v) is 6.95. The zero-order valence-electron chi connectivity index (χ0n) is 29.0. The molecular weight excluding hydrogens is 643 g/mol. The van der Waals surface area contributed by atoms with Crippen molar-refractivity contribution in [3.63, 3.8) is 0 Å². The zero-order valence-corrected chi connectivity index (χ0v) is 29.0. The molecule has 0 bridgehead atoms. The average Bonchev–Trinajstić information content (AvgIpc) is 3.91. The Balaban J connectivity index is 1.24. The molecule has 0 aliphatic rings. The Morgan fingerprint density at radius 3 is 1.88 bits per heavy atom. The summed E-state index contributed by atoms with van der Waals surface area (Å²) in [5.74, 6) is 1.32. The van der Waals surface area contributed by atoms with E-state index in [9.17, 15) is 0 Å². The highest BCUT2D eigenvalue weighted by Crippen LogP contribution is 2.40. The lowest BCUT2D eigenvalue weighted by atomic mass is 9.77. The van der Waals surface area contributed by atoms with Crippen molar-refractivity contribution in [3.8, 4) is 28.3 Å². The maximum Gasteiger partial charge on any atom is 0.205 e. The van der Waals surface area contributed by atoms with Crippen molar-refractivity contribution in [3.05, 3.63) is 204 Å². The molecule has 3 aromatic heterocycles. The van der Waals surface area contributed by atoms with Gasteiger partial charge in [-0.15, -0.1) is 15.0 Å². The van der Waals surface area contributed by atoms with Crippen molar-refractivity contribution in [1.29, 1.82) is 0 Å². The Kier molecular flexibility index (Phi) is 8.94. The third-order valence-electron chi connectivity index (χ3n) is 9.41. The highest BCUT2D eigenvalue weighted by molar-refractivity contribution is 5.81. The molecule has 0 atom stereocenters. The molecule has 0 saturated carbocycles. The summed E-state index contributed by atoms with van der Waals surface area (Å²) in [6, 6.07) is 49.8. The summed E-state index contributed by atoms with van der Waals surface area (Å²) >= 11 is 0. The topological polar surface area (TPSA) is 83.5 Å². The van der Waals surface area contributed by atoms with Crippen LogP contribution in [0.2, 0.25) is 0 Å². The summed E-state index contributed by atoms with van der Waals surface area (Å²) in [4.78, 5) is 10.7. The normalized spacial score (nSPS) is 11.4. The van der Waals surface area contributed by atoms with Crippen LogP contribution < -0.4 is 4.74 Å². The maximum atomic E-state index is 6.57. The third-order valence-corrected chi connectivity index (χ3v) is 9.41. The van der Waals surface area contributed by atoms with E-state index in [1.807, 2.05) is 67.1 Å². The lowest BCUT2D eigenvalue weighted by Gasteiger charge is -2.34. The number of ether oxygens (including phenoxy) is 1. The Bertz CT molecular complexity index is 2300. The predicted molar refractivity (Wildman–Crippen MR) is 203 cm³/mol. The van der Waals surface area contributed by atoms with Crippen molar-refractivity contribution in [2.45, 2.75) is 32.5 Å². The summed E-state index contributed by atoms with van der Waals surface area (Å²) in [5, 5.41) is 14.9. The van der Waals surface area contributed by atoms with Crippen molar-refractivity contribution in [1.82, 2.24) is 34.7 Å². The van der Waals surface area contributed by atoms with E-state index >= 15 is 0 Å². The maximum absolute atomic E-state index is 6.57. The molecule has 0 N–H and O–H groups in total. The van der Waals surface area contributed by atoms with Gasteiger partial charge in [0.15, 0.2) is 5.54 Å². The lowest BCUT2D eigenvalue weighted by molar-refractivity contribution is 0.301. The number of hydrogen-bond donors (Lipinski definition) is 0. The van der Waals surface area contributed by atoms with Crippen LogP contribution >= 0.6 is 0 Å². The summed E-state index contributed by atoms with van der Waals surface area (Å²) in [5.41, 5.74) is 8.96. The monoisotopic (exact) mass is 679 g/mol. The molecule has 3 heterocycles. The second kappa shape index (κ2) is 14.3. The van der Waals surface area contributed by atoms with E-state index in [0.29, 0.717) is 19.0 Å². The summed E-state index contributed by atoms with van der Waals surface area (Å²) < 4.78 is 8.59. The molecular formula is C44H37N7O. The summed E-state index contributed by atoms with van der Waals surface area (Å²) in [6.45, 7) is 4.97. The Morgan fingerprint density at radius 1 is 0.673 bits per heavy atom. The van der Waals surface area contributed by atoms with Gasteiger partial charge in [0.2, 0.25) is 5.82 Å². The van der Waals surface area contributed by atoms with E-state index in [4.69, 9.17) is 25.1 Å². The Hall–Kier alpha value is -6.67. The second-order valence-corrected chi connectivity index (χ2v) is 12.8. The van der Waals surface area contributed by atoms with E-state index in [-0.39, 0.29) is 0 Å². The molecule has 52 heavy (non-hydrogen) atoms. The van der Waals surface area contributed by atoms with Crippen LogP contribution in [0.3, 0.4) is 0 Å². The number of nitrogens with zero attached hydrogens (tertiary/aromatic N) is 7. The molecule has 0 amide bonds. The quantitative estimate of drug-likeness (QED) is 0.127. The molecule has 0 radical (unpaired) electrons. The molecule has 0 saturated heterocycles. The van der Waals surface area contributed by atoms with E-state index in [2.05, 4.69) is 108 Å². The van der Waals surface area contributed by atoms with Crippen LogP contribution in [0, 0.1) is 13.8 Å². The highest BCUT2D eigenvalue weighted by atomic mass is 16.5. The van der Waals surface area contributed by atoms with Gasteiger partial charge in [-0.2, -0.15) is 0 Å². The van der Waals surface area contributed by atoms with Crippen molar-refractivity contribution >= 4 is 0 Å². The highest BCUT2D eigenvalue weighted by Gasteiger charge is 2.41. The molecule has 8 aromatic rings. The lowest BCUT2D eigenvalue weighted by Crippen LogP contribution is -2.39. The Labute approximate surface area is 303 Å². The summed E-state index contributed by atoms with van der Waals surface area (Å²) in [6.07, 6.45) is 5.53. The molecule has 8 heteroatoms. The molecule has 0 fully saturated rings. The number of rotatable bonds is 11. The van der Waals surface area contributed by atoms with Crippen LogP contribution in [-0.2, 0) is 18.7 Å². The average molecular weight is 680 g/mol. The van der Waals surface area contributed by atoms with E-state index in [0.717, 1.165) is 61.6 Å². The molecule has 5 aromatic carbocycles. The number of aromatic nitrogens is 7. The van der Waals surface area contributed by atoms with Gasteiger partial charge in [0.25, 0.3) is 0 Å². The van der Waals surface area contributed by atoms with Crippen LogP contribution in [0.1, 0.15) is 39.2 Å². The van der Waals surface area contributed by atoms with Crippen molar-refractivity contribution in [2.24, 2.45) is 0 Å². The van der Waals surface area contributed by atoms with Crippen LogP contribution in [0.15, 0.2) is 164 Å². The molecule has 0 spiro atoms. The first kappa shape index (κ1) is 32.5. The van der Waals surface area contributed by atoms with Gasteiger partial charge in [-0.1, -0.05) is 133 Å². The van der Waals surface area contributed by atoms with Crippen molar-refractivity contribution < 1.29 is 4.74 Å². The van der Waals surface area contributed by atoms with E-state index in [1.54, 1.807) is 17.3 Å². The molecule has 0 unspecified atom stereocenters. The van der Waals surface area contributed by atoms with Gasteiger partial charge in [-0.25, -0.2) is 4.98 Å². The number of benzene rings is 5. The number of pyridine rings is 1. The number of tetrazole rings is 1. The van der Waals surface area contributed by atoms with Gasteiger partial charge in [-0.05, 0) is 58.5 Å². The van der Waals surface area contributed by atoms with E-state index in [1.165, 1.54) is 0 Å². The van der Waals surface area contributed by atoms with Crippen LogP contribution in [0.4, 0.5) is 0 Å². The number of aryl methyl sites for hydroxylation is 2. The second-order valence-electron chi connectivity index (χ2n) is 12.8. The Morgan fingerprint density at radius 2 is 1.29 bits per heavy atom. The molecule has 8 nitrogen and oxygen atoms in total. The molecule has 254 valence electrons. The van der Waals surface area contributed by atoms with Gasteiger partial charge < -0.3 is 9.30 Å². The fraction of sp³-hybridized carbons (Fsp3) is 0.114. The van der Waals surface area contributed by atoms with Crippen LogP contribution in [-0.4, -0.2) is 34.7 Å². The summed E-state index contributed by atoms with van der Waals surface area (Å²) in [7, 11) is 0. The minimum Gasteiger partial charge on any atom is -0.488 e. The van der Waals surface area contributed by atoms with Crippen molar-refractivity contribution in [2.75, 3.05) is 0 Å². The molecule has 0 aliphatic carbocycles. The largest absolute Gasteiger partial charge is 0.488 e.